The van der Waals surface area contributed by atoms with Gasteiger partial charge in [0.2, 0.25) is 5.95 Å². The summed E-state index contributed by atoms with van der Waals surface area (Å²) in [6, 6.07) is 1.38. The van der Waals surface area contributed by atoms with Gasteiger partial charge in [-0.3, -0.25) is 4.90 Å². The van der Waals surface area contributed by atoms with E-state index in [-0.39, 0.29) is 0 Å². The van der Waals surface area contributed by atoms with Gasteiger partial charge in [-0.15, -0.1) is 0 Å². The Morgan fingerprint density at radius 1 is 1.26 bits per heavy atom. The molecule has 0 radical (unpaired) electrons. The highest BCUT2D eigenvalue weighted by Crippen LogP contribution is 2.36. The quantitative estimate of drug-likeness (QED) is 0.828. The summed E-state index contributed by atoms with van der Waals surface area (Å²) < 4.78 is 2.39. The minimum atomic E-state index is 0.631. The number of nitrogens with zero attached hydrogens (tertiary/aromatic N) is 3. The first-order valence-corrected chi connectivity index (χ1v) is 7.91. The highest BCUT2D eigenvalue weighted by molar-refractivity contribution is 5.27. The predicted molar refractivity (Wildman–Crippen MR) is 78.5 cm³/mol. The fourth-order valence-corrected chi connectivity index (χ4v) is 3.64. The van der Waals surface area contributed by atoms with Crippen molar-refractivity contribution in [3.05, 3.63) is 12.4 Å². The van der Waals surface area contributed by atoms with Crippen molar-refractivity contribution in [3.63, 3.8) is 0 Å². The van der Waals surface area contributed by atoms with Crippen molar-refractivity contribution in [3.8, 4) is 0 Å². The van der Waals surface area contributed by atoms with Crippen LogP contribution < -0.4 is 5.32 Å². The van der Waals surface area contributed by atoms with Gasteiger partial charge >= 0.3 is 0 Å². The number of unbranched alkanes of at least 4 members (excludes halogenated alkanes) is 1. The summed E-state index contributed by atoms with van der Waals surface area (Å²) >= 11 is 0. The smallest absolute Gasteiger partial charge is 0.203 e. The molecular weight excluding hydrogens is 236 g/mol. The zero-order chi connectivity index (χ0) is 13.1. The Kier molecular flexibility index (Phi) is 4.06. The highest BCUT2D eigenvalue weighted by atomic mass is 15.3. The van der Waals surface area contributed by atoms with Crippen molar-refractivity contribution in [1.82, 2.24) is 14.5 Å². The third-order valence-corrected chi connectivity index (χ3v) is 4.66. The largest absolute Gasteiger partial charge is 0.356 e. The third kappa shape index (κ3) is 2.64. The van der Waals surface area contributed by atoms with Crippen molar-refractivity contribution in [2.75, 3.05) is 25.0 Å². The van der Waals surface area contributed by atoms with Crippen molar-refractivity contribution in [1.29, 1.82) is 0 Å². The fraction of sp³-hybridized carbons (Fsp3) is 0.800. The van der Waals surface area contributed by atoms with Crippen LogP contribution in [0.3, 0.4) is 0 Å². The lowest BCUT2D eigenvalue weighted by Gasteiger charge is -2.33. The SMILES string of the molecule is CCCCNc1nccn1C1CCN2CCCCC12. The summed E-state index contributed by atoms with van der Waals surface area (Å²) in [5, 5.41) is 3.50. The van der Waals surface area contributed by atoms with E-state index in [1.54, 1.807) is 0 Å². The number of hydrogen-bond donors (Lipinski definition) is 1. The molecule has 3 heterocycles. The van der Waals surface area contributed by atoms with Gasteiger partial charge < -0.3 is 9.88 Å². The minimum absolute atomic E-state index is 0.631. The van der Waals surface area contributed by atoms with Gasteiger partial charge in [-0.2, -0.15) is 0 Å². The average molecular weight is 262 g/mol. The van der Waals surface area contributed by atoms with E-state index in [9.17, 15) is 0 Å². The molecule has 1 aromatic rings. The number of imidazole rings is 1. The Labute approximate surface area is 116 Å². The third-order valence-electron chi connectivity index (χ3n) is 4.66. The normalized spacial score (nSPS) is 27.4. The van der Waals surface area contributed by atoms with Crippen LogP contribution in [0.15, 0.2) is 12.4 Å². The molecule has 2 atom stereocenters. The van der Waals surface area contributed by atoms with Gasteiger partial charge in [-0.1, -0.05) is 19.8 Å². The second kappa shape index (κ2) is 5.95. The highest BCUT2D eigenvalue weighted by Gasteiger charge is 2.37. The lowest BCUT2D eigenvalue weighted by Crippen LogP contribution is -2.37. The van der Waals surface area contributed by atoms with E-state index in [1.165, 1.54) is 51.6 Å². The van der Waals surface area contributed by atoms with Crippen LogP contribution in [0.2, 0.25) is 0 Å². The molecule has 4 heteroatoms. The first-order chi connectivity index (χ1) is 9.40. The average Bonchev–Trinajstić information content (AvgIpc) is 3.04. The number of rotatable bonds is 5. The Morgan fingerprint density at radius 2 is 2.21 bits per heavy atom. The van der Waals surface area contributed by atoms with Crippen molar-refractivity contribution in [2.24, 2.45) is 0 Å². The summed E-state index contributed by atoms with van der Waals surface area (Å²) in [6.07, 6.45) is 12.0. The number of aromatic nitrogens is 2. The molecule has 0 amide bonds. The number of hydrogen-bond acceptors (Lipinski definition) is 3. The Morgan fingerprint density at radius 3 is 3.11 bits per heavy atom. The van der Waals surface area contributed by atoms with Crippen molar-refractivity contribution >= 4 is 5.95 Å². The molecule has 1 aromatic heterocycles. The summed E-state index contributed by atoms with van der Waals surface area (Å²) in [5.74, 6) is 1.07. The summed E-state index contributed by atoms with van der Waals surface area (Å²) in [7, 11) is 0. The second-order valence-corrected chi connectivity index (χ2v) is 5.89. The second-order valence-electron chi connectivity index (χ2n) is 5.89. The van der Waals surface area contributed by atoms with Gasteiger partial charge in [0.25, 0.3) is 0 Å². The number of anilines is 1. The number of piperidine rings is 1. The van der Waals surface area contributed by atoms with E-state index in [0.717, 1.165) is 18.5 Å². The molecule has 19 heavy (non-hydrogen) atoms. The summed E-state index contributed by atoms with van der Waals surface area (Å²) in [4.78, 5) is 7.19. The monoisotopic (exact) mass is 262 g/mol. The van der Waals surface area contributed by atoms with Gasteiger partial charge in [0.15, 0.2) is 0 Å². The number of fused-ring (bicyclic) bond motifs is 1. The maximum Gasteiger partial charge on any atom is 0.203 e. The summed E-state index contributed by atoms with van der Waals surface area (Å²) in [6.45, 7) is 5.83. The van der Waals surface area contributed by atoms with E-state index in [1.807, 2.05) is 6.20 Å². The molecule has 2 aliphatic rings. The molecule has 1 N–H and O–H groups in total. The molecule has 0 spiro atoms. The van der Waals surface area contributed by atoms with Crippen LogP contribution in [0.4, 0.5) is 5.95 Å². The van der Waals surface area contributed by atoms with E-state index in [4.69, 9.17) is 0 Å². The zero-order valence-corrected chi connectivity index (χ0v) is 12.0. The molecule has 2 aliphatic heterocycles. The van der Waals surface area contributed by atoms with Gasteiger partial charge in [-0.25, -0.2) is 4.98 Å². The van der Waals surface area contributed by atoms with Crippen LogP contribution in [0.5, 0.6) is 0 Å². The molecule has 4 nitrogen and oxygen atoms in total. The van der Waals surface area contributed by atoms with Crippen LogP contribution in [-0.2, 0) is 0 Å². The van der Waals surface area contributed by atoms with Crippen LogP contribution in [-0.4, -0.2) is 40.1 Å². The molecular formula is C15H26N4. The standard InChI is InChI=1S/C15H26N4/c1-2-3-8-16-15-17-9-12-19(15)14-7-11-18-10-5-4-6-13(14)18/h9,12-14H,2-8,10-11H2,1H3,(H,16,17). The van der Waals surface area contributed by atoms with Crippen LogP contribution in [0, 0.1) is 0 Å². The van der Waals surface area contributed by atoms with E-state index < -0.39 is 0 Å². The maximum absolute atomic E-state index is 4.50. The molecule has 2 fully saturated rings. The lowest BCUT2D eigenvalue weighted by atomic mass is 9.99. The lowest BCUT2D eigenvalue weighted by molar-refractivity contribution is 0.174. The van der Waals surface area contributed by atoms with Gasteiger partial charge in [0.05, 0.1) is 6.04 Å². The van der Waals surface area contributed by atoms with E-state index >= 15 is 0 Å². The van der Waals surface area contributed by atoms with Crippen LogP contribution in [0.25, 0.3) is 0 Å². The predicted octanol–water partition coefficient (Wildman–Crippen LogP) is 2.89. The molecule has 0 bridgehead atoms. The van der Waals surface area contributed by atoms with E-state index in [2.05, 4.69) is 32.9 Å². The van der Waals surface area contributed by atoms with Gasteiger partial charge in [0, 0.05) is 31.5 Å². The first kappa shape index (κ1) is 13.0. The minimum Gasteiger partial charge on any atom is -0.356 e. The Balaban J connectivity index is 1.69. The molecule has 106 valence electrons. The summed E-state index contributed by atoms with van der Waals surface area (Å²) in [5.41, 5.74) is 0. The molecule has 2 unspecified atom stereocenters. The topological polar surface area (TPSA) is 33.1 Å². The Hall–Kier alpha value is -1.03. The molecule has 2 saturated heterocycles. The molecule has 0 saturated carbocycles. The zero-order valence-electron chi connectivity index (χ0n) is 12.0. The molecule has 3 rings (SSSR count). The van der Waals surface area contributed by atoms with Crippen LogP contribution >= 0.6 is 0 Å². The van der Waals surface area contributed by atoms with Crippen molar-refractivity contribution in [2.45, 2.75) is 57.5 Å². The van der Waals surface area contributed by atoms with E-state index in [0.29, 0.717) is 6.04 Å². The number of nitrogens with one attached hydrogen (secondary N) is 1. The molecule has 0 aromatic carbocycles. The Bertz CT molecular complexity index is 401. The first-order valence-electron chi connectivity index (χ1n) is 7.91. The van der Waals surface area contributed by atoms with Gasteiger partial charge in [0.1, 0.15) is 0 Å². The van der Waals surface area contributed by atoms with Crippen molar-refractivity contribution < 1.29 is 0 Å². The maximum atomic E-state index is 4.50. The van der Waals surface area contributed by atoms with Crippen LogP contribution in [0.1, 0.15) is 51.5 Å². The molecule has 0 aliphatic carbocycles. The fourth-order valence-electron chi connectivity index (χ4n) is 3.64. The van der Waals surface area contributed by atoms with Gasteiger partial charge in [-0.05, 0) is 32.2 Å².